The number of carbonyl (C=O) groups is 1. The number of phenols is 2. The van der Waals surface area contributed by atoms with Gasteiger partial charge in [-0.1, -0.05) is 41.9 Å². The minimum Gasteiger partial charge on any atom is -0.504 e. The Kier molecular flexibility index (Phi) is 6.29. The van der Waals surface area contributed by atoms with Gasteiger partial charge in [-0.25, -0.2) is 5.43 Å². The predicted octanol–water partition coefficient (Wildman–Crippen LogP) is 4.04. The molecule has 30 heavy (non-hydrogen) atoms. The molecule has 0 radical (unpaired) electrons. The number of nitrogens with zero attached hydrogens (tertiary/aromatic N) is 2. The number of carbonyl (C=O) groups excluding carboxylic acids is 1. The van der Waals surface area contributed by atoms with E-state index in [1.807, 2.05) is 30.3 Å². The zero-order valence-electron chi connectivity index (χ0n) is 15.4. The molecule has 3 N–H and O–H groups in total. The van der Waals surface area contributed by atoms with E-state index >= 15 is 0 Å². The minimum atomic E-state index is -0.840. The molecular weight excluding hydrogens is 410 g/mol. The monoisotopic (exact) mass is 425 g/mol. The fourth-order valence-corrected chi connectivity index (χ4v) is 2.82. The lowest BCUT2D eigenvalue weighted by molar-refractivity contribution is -0.386. The molecule has 8 nitrogen and oxygen atoms in total. The summed E-state index contributed by atoms with van der Waals surface area (Å²) in [5.74, 6) is -2.01. The summed E-state index contributed by atoms with van der Waals surface area (Å²) in [6.07, 6.45) is 0.211. The van der Waals surface area contributed by atoms with Gasteiger partial charge in [-0.15, -0.1) is 0 Å². The molecule has 0 bridgehead atoms. The molecule has 0 unspecified atom stereocenters. The summed E-state index contributed by atoms with van der Waals surface area (Å²) >= 11 is 5.82. The predicted molar refractivity (Wildman–Crippen MR) is 112 cm³/mol. The van der Waals surface area contributed by atoms with Crippen molar-refractivity contribution < 1.29 is 19.9 Å². The van der Waals surface area contributed by atoms with Crippen molar-refractivity contribution in [1.29, 1.82) is 0 Å². The Morgan fingerprint density at radius 1 is 1.03 bits per heavy atom. The van der Waals surface area contributed by atoms with Gasteiger partial charge >= 0.3 is 5.69 Å². The van der Waals surface area contributed by atoms with Crippen molar-refractivity contribution in [3.63, 3.8) is 0 Å². The number of nitro groups is 1. The number of hydrogen-bond donors (Lipinski definition) is 3. The first-order valence-corrected chi connectivity index (χ1v) is 9.10. The molecule has 3 aromatic rings. The van der Waals surface area contributed by atoms with E-state index in [1.165, 1.54) is 12.1 Å². The molecule has 0 saturated carbocycles. The van der Waals surface area contributed by atoms with Crippen LogP contribution in [-0.2, 0) is 6.42 Å². The van der Waals surface area contributed by atoms with Crippen LogP contribution in [0.1, 0.15) is 21.5 Å². The van der Waals surface area contributed by atoms with E-state index in [9.17, 15) is 25.1 Å². The molecule has 1 amide bonds. The number of phenolic OH excluding ortho intramolecular Hbond substituents is 2. The number of aromatic hydroxyl groups is 2. The maximum Gasteiger partial charge on any atom is 0.315 e. The van der Waals surface area contributed by atoms with Crippen LogP contribution in [0.25, 0.3) is 0 Å². The Hall–Kier alpha value is -3.91. The molecule has 0 spiro atoms. The van der Waals surface area contributed by atoms with Crippen LogP contribution in [0.3, 0.4) is 0 Å². The van der Waals surface area contributed by atoms with Gasteiger partial charge in [-0.2, -0.15) is 5.10 Å². The first-order chi connectivity index (χ1) is 14.3. The normalized spacial score (nSPS) is 11.2. The molecule has 0 atom stereocenters. The number of hydrazone groups is 1. The fourth-order valence-electron chi connectivity index (χ4n) is 2.69. The zero-order chi connectivity index (χ0) is 21.7. The van der Waals surface area contributed by atoms with E-state index in [2.05, 4.69) is 10.5 Å². The van der Waals surface area contributed by atoms with Crippen LogP contribution >= 0.6 is 11.6 Å². The highest BCUT2D eigenvalue weighted by Crippen LogP contribution is 2.36. The summed E-state index contributed by atoms with van der Waals surface area (Å²) in [5.41, 5.74) is 3.32. The van der Waals surface area contributed by atoms with Crippen LogP contribution in [0.4, 0.5) is 5.69 Å². The molecule has 0 aliphatic rings. The zero-order valence-corrected chi connectivity index (χ0v) is 16.2. The topological polar surface area (TPSA) is 125 Å². The average molecular weight is 426 g/mol. The van der Waals surface area contributed by atoms with Crippen LogP contribution < -0.4 is 5.43 Å². The Bertz CT molecular complexity index is 1120. The maximum atomic E-state index is 12.4. The highest BCUT2D eigenvalue weighted by atomic mass is 35.5. The Balaban J connectivity index is 1.98. The molecule has 152 valence electrons. The maximum absolute atomic E-state index is 12.4. The van der Waals surface area contributed by atoms with Crippen molar-refractivity contribution in [2.24, 2.45) is 5.10 Å². The largest absolute Gasteiger partial charge is 0.504 e. The summed E-state index contributed by atoms with van der Waals surface area (Å²) in [6, 6.07) is 17.5. The van der Waals surface area contributed by atoms with Gasteiger partial charge in [-0.05, 0) is 35.9 Å². The molecule has 0 heterocycles. The highest BCUT2D eigenvalue weighted by Gasteiger charge is 2.21. The summed E-state index contributed by atoms with van der Waals surface area (Å²) in [4.78, 5) is 22.8. The van der Waals surface area contributed by atoms with Gasteiger partial charge in [0.2, 0.25) is 5.75 Å². The van der Waals surface area contributed by atoms with Crippen LogP contribution in [-0.4, -0.2) is 26.8 Å². The second-order valence-electron chi connectivity index (χ2n) is 6.29. The molecular formula is C21H16ClN3O5. The molecule has 0 aromatic heterocycles. The van der Waals surface area contributed by atoms with Crippen LogP contribution in [0, 0.1) is 10.1 Å². The number of rotatable bonds is 6. The number of amides is 1. The summed E-state index contributed by atoms with van der Waals surface area (Å²) < 4.78 is 0. The quantitative estimate of drug-likeness (QED) is 0.238. The van der Waals surface area contributed by atoms with E-state index < -0.39 is 28.0 Å². The van der Waals surface area contributed by atoms with Gasteiger partial charge in [0.1, 0.15) is 0 Å². The third kappa shape index (κ3) is 4.92. The summed E-state index contributed by atoms with van der Waals surface area (Å²) in [6.45, 7) is 0. The SMILES string of the molecule is O=C(N/N=C(\Cc1ccccc1)c1cc(O)c(O)c([N+](=O)[O-])c1)c1ccc(Cl)cc1. The van der Waals surface area contributed by atoms with E-state index in [4.69, 9.17) is 11.6 Å². The first kappa shape index (κ1) is 20.8. The lowest BCUT2D eigenvalue weighted by atomic mass is 10.0. The Morgan fingerprint density at radius 3 is 2.33 bits per heavy atom. The minimum absolute atomic E-state index is 0.178. The second-order valence-corrected chi connectivity index (χ2v) is 6.73. The van der Waals surface area contributed by atoms with Crippen LogP contribution in [0.15, 0.2) is 71.8 Å². The number of benzene rings is 3. The summed E-state index contributed by atoms with van der Waals surface area (Å²) in [7, 11) is 0. The van der Waals surface area contributed by atoms with Crippen molar-refractivity contribution in [2.75, 3.05) is 0 Å². The Labute approximate surface area is 176 Å². The number of nitrogens with one attached hydrogen (secondary N) is 1. The van der Waals surface area contributed by atoms with Crippen molar-refractivity contribution in [3.05, 3.63) is 98.6 Å². The molecule has 0 fully saturated rings. The lowest BCUT2D eigenvalue weighted by Crippen LogP contribution is -2.21. The lowest BCUT2D eigenvalue weighted by Gasteiger charge is -2.10. The van der Waals surface area contributed by atoms with E-state index in [1.54, 1.807) is 12.1 Å². The van der Waals surface area contributed by atoms with E-state index in [-0.39, 0.29) is 17.7 Å². The van der Waals surface area contributed by atoms with Crippen molar-refractivity contribution in [1.82, 2.24) is 5.43 Å². The molecule has 0 saturated heterocycles. The number of halogens is 1. The van der Waals surface area contributed by atoms with Gasteiger partial charge in [0, 0.05) is 28.6 Å². The molecule has 9 heteroatoms. The van der Waals surface area contributed by atoms with Crippen molar-refractivity contribution >= 4 is 28.9 Å². The van der Waals surface area contributed by atoms with E-state index in [0.29, 0.717) is 10.6 Å². The average Bonchev–Trinajstić information content (AvgIpc) is 2.73. The number of hydrogen-bond acceptors (Lipinski definition) is 6. The second kappa shape index (κ2) is 9.06. The van der Waals surface area contributed by atoms with Gasteiger partial charge in [0.25, 0.3) is 5.91 Å². The summed E-state index contributed by atoms with van der Waals surface area (Å²) in [5, 5.41) is 35.5. The van der Waals surface area contributed by atoms with Gasteiger partial charge < -0.3 is 10.2 Å². The Morgan fingerprint density at radius 2 is 1.70 bits per heavy atom. The van der Waals surface area contributed by atoms with Gasteiger partial charge in [0.05, 0.1) is 10.6 Å². The number of nitro benzene ring substituents is 1. The highest BCUT2D eigenvalue weighted by molar-refractivity contribution is 6.30. The standard InChI is InChI=1S/C21H16ClN3O5/c22-16-8-6-14(7-9-16)21(28)24-23-17(10-13-4-2-1-3-5-13)15-11-18(25(29)30)20(27)19(26)12-15/h1-9,11-12,26-27H,10H2,(H,24,28)/b23-17+. The molecule has 3 rings (SSSR count). The fraction of sp³-hybridized carbons (Fsp3) is 0.0476. The van der Waals surface area contributed by atoms with Crippen molar-refractivity contribution in [2.45, 2.75) is 6.42 Å². The molecule has 0 aliphatic heterocycles. The van der Waals surface area contributed by atoms with E-state index in [0.717, 1.165) is 17.7 Å². The van der Waals surface area contributed by atoms with Crippen LogP contribution in [0.2, 0.25) is 5.02 Å². The van der Waals surface area contributed by atoms with Crippen LogP contribution in [0.5, 0.6) is 11.5 Å². The third-order valence-electron chi connectivity index (χ3n) is 4.21. The first-order valence-electron chi connectivity index (χ1n) is 8.72. The molecule has 0 aliphatic carbocycles. The van der Waals surface area contributed by atoms with Gasteiger partial charge in [-0.3, -0.25) is 14.9 Å². The smallest absolute Gasteiger partial charge is 0.315 e. The van der Waals surface area contributed by atoms with Gasteiger partial charge in [0.15, 0.2) is 5.75 Å². The third-order valence-corrected chi connectivity index (χ3v) is 4.46. The molecule has 3 aromatic carbocycles. The van der Waals surface area contributed by atoms with Crippen molar-refractivity contribution in [3.8, 4) is 11.5 Å².